The fraction of sp³-hybridized carbons (Fsp3) is 0. The van der Waals surface area contributed by atoms with Crippen molar-refractivity contribution in [3.8, 4) is 0 Å². The Morgan fingerprint density at radius 2 is 2.40 bits per heavy atom. The Bertz CT molecular complexity index is 262. The van der Waals surface area contributed by atoms with Gasteiger partial charge in [-0.25, -0.2) is 4.39 Å². The van der Waals surface area contributed by atoms with E-state index >= 15 is 0 Å². The Hall–Kier alpha value is -1.45. The number of rotatable bonds is 1. The zero-order valence-corrected chi connectivity index (χ0v) is 4.87. The zero-order valence-electron chi connectivity index (χ0n) is 4.87. The molecule has 0 aliphatic heterocycles. The van der Waals surface area contributed by atoms with Gasteiger partial charge >= 0.3 is 0 Å². The molecule has 0 fully saturated rings. The van der Waals surface area contributed by atoms with Gasteiger partial charge in [-0.05, 0) is 6.07 Å². The van der Waals surface area contributed by atoms with Crippen LogP contribution in [0.3, 0.4) is 0 Å². The molecule has 0 aliphatic carbocycles. The van der Waals surface area contributed by atoms with Crippen molar-refractivity contribution in [2.24, 2.45) is 0 Å². The van der Waals surface area contributed by atoms with Crippen molar-refractivity contribution in [3.05, 3.63) is 40.2 Å². The number of nitro groups is 1. The Kier molecular flexibility index (Phi) is 1.62. The van der Waals surface area contributed by atoms with E-state index in [2.05, 4.69) is 6.07 Å². The molecular weight excluding hydrogens is 137 g/mol. The summed E-state index contributed by atoms with van der Waals surface area (Å²) in [7, 11) is 0. The predicted molar refractivity (Wildman–Crippen MR) is 31.9 cm³/mol. The molecule has 0 N–H and O–H groups in total. The average molecular weight is 140 g/mol. The van der Waals surface area contributed by atoms with Gasteiger partial charge in [0.2, 0.25) is 0 Å². The topological polar surface area (TPSA) is 43.1 Å². The maximum absolute atomic E-state index is 12.2. The second-order valence-electron chi connectivity index (χ2n) is 1.65. The fourth-order valence-corrected chi connectivity index (χ4v) is 0.540. The van der Waals surface area contributed by atoms with Crippen LogP contribution in [-0.2, 0) is 0 Å². The fourth-order valence-electron chi connectivity index (χ4n) is 0.540. The lowest BCUT2D eigenvalue weighted by Gasteiger charge is -1.87. The first-order valence-corrected chi connectivity index (χ1v) is 2.52. The van der Waals surface area contributed by atoms with Gasteiger partial charge in [-0.2, -0.15) is 0 Å². The number of nitro benzene ring substituents is 1. The Morgan fingerprint density at radius 3 is 2.80 bits per heavy atom. The molecule has 1 aromatic rings. The van der Waals surface area contributed by atoms with Gasteiger partial charge in [0.1, 0.15) is 5.82 Å². The van der Waals surface area contributed by atoms with Gasteiger partial charge in [0.25, 0.3) is 5.69 Å². The van der Waals surface area contributed by atoms with E-state index in [1.54, 1.807) is 0 Å². The molecular formula is C6H3FNO2. The van der Waals surface area contributed by atoms with Crippen LogP contribution in [0.1, 0.15) is 0 Å². The monoisotopic (exact) mass is 140 g/mol. The van der Waals surface area contributed by atoms with E-state index < -0.39 is 10.7 Å². The zero-order chi connectivity index (χ0) is 7.56. The van der Waals surface area contributed by atoms with Gasteiger partial charge in [-0.15, -0.1) is 0 Å². The van der Waals surface area contributed by atoms with E-state index in [0.717, 1.165) is 6.07 Å². The molecule has 0 spiro atoms. The average Bonchev–Trinajstić information content (AvgIpc) is 1.88. The van der Waals surface area contributed by atoms with E-state index in [-0.39, 0.29) is 5.69 Å². The van der Waals surface area contributed by atoms with Crippen molar-refractivity contribution in [1.29, 1.82) is 0 Å². The highest BCUT2D eigenvalue weighted by molar-refractivity contribution is 5.28. The summed E-state index contributed by atoms with van der Waals surface area (Å²) in [6.07, 6.45) is 0. The second kappa shape index (κ2) is 2.43. The van der Waals surface area contributed by atoms with E-state index in [1.807, 2.05) is 0 Å². The van der Waals surface area contributed by atoms with Gasteiger partial charge in [0, 0.05) is 12.1 Å². The van der Waals surface area contributed by atoms with Crippen molar-refractivity contribution in [2.45, 2.75) is 0 Å². The third-order valence-corrected chi connectivity index (χ3v) is 0.961. The molecule has 4 heteroatoms. The van der Waals surface area contributed by atoms with Crippen molar-refractivity contribution >= 4 is 5.69 Å². The minimum Gasteiger partial charge on any atom is -0.258 e. The quantitative estimate of drug-likeness (QED) is 0.438. The van der Waals surface area contributed by atoms with Crippen molar-refractivity contribution < 1.29 is 9.31 Å². The van der Waals surface area contributed by atoms with Crippen LogP contribution < -0.4 is 0 Å². The number of nitrogens with zero attached hydrogens (tertiary/aromatic N) is 1. The summed E-state index contributed by atoms with van der Waals surface area (Å²) in [5.74, 6) is -0.714. The second-order valence-corrected chi connectivity index (χ2v) is 1.65. The first-order valence-electron chi connectivity index (χ1n) is 2.52. The number of halogens is 1. The van der Waals surface area contributed by atoms with E-state index in [0.29, 0.717) is 0 Å². The predicted octanol–water partition coefficient (Wildman–Crippen LogP) is 1.53. The molecule has 3 nitrogen and oxygen atoms in total. The Morgan fingerprint density at radius 1 is 1.70 bits per heavy atom. The van der Waals surface area contributed by atoms with Crippen LogP contribution in [0.15, 0.2) is 18.2 Å². The van der Waals surface area contributed by atoms with Crippen LogP contribution in [0.2, 0.25) is 0 Å². The van der Waals surface area contributed by atoms with Crippen LogP contribution in [-0.4, -0.2) is 4.92 Å². The summed E-state index contributed by atoms with van der Waals surface area (Å²) in [5, 5.41) is 9.98. The molecule has 0 bridgehead atoms. The van der Waals surface area contributed by atoms with E-state index in [1.165, 1.54) is 12.1 Å². The molecule has 1 aromatic carbocycles. The summed E-state index contributed by atoms with van der Waals surface area (Å²) in [4.78, 5) is 9.32. The molecule has 51 valence electrons. The molecule has 0 saturated heterocycles. The van der Waals surface area contributed by atoms with Gasteiger partial charge in [-0.1, -0.05) is 0 Å². The normalized spacial score (nSPS) is 9.30. The van der Waals surface area contributed by atoms with E-state index in [4.69, 9.17) is 0 Å². The smallest absolute Gasteiger partial charge is 0.258 e. The van der Waals surface area contributed by atoms with Gasteiger partial charge in [-0.3, -0.25) is 10.1 Å². The maximum atomic E-state index is 12.2. The summed E-state index contributed by atoms with van der Waals surface area (Å²) in [6, 6.07) is 5.33. The largest absolute Gasteiger partial charge is 0.272 e. The maximum Gasteiger partial charge on any atom is 0.272 e. The number of hydrogen-bond acceptors (Lipinski definition) is 2. The number of benzene rings is 1. The molecule has 0 heterocycles. The van der Waals surface area contributed by atoms with Crippen LogP contribution in [0.5, 0.6) is 0 Å². The minimum absolute atomic E-state index is 0.253. The van der Waals surface area contributed by atoms with Crippen LogP contribution >= 0.6 is 0 Å². The van der Waals surface area contributed by atoms with E-state index in [9.17, 15) is 14.5 Å². The molecule has 1 radical (unpaired) electrons. The molecule has 10 heavy (non-hydrogen) atoms. The molecule has 0 amide bonds. The van der Waals surface area contributed by atoms with Crippen LogP contribution in [0.4, 0.5) is 10.1 Å². The van der Waals surface area contributed by atoms with Gasteiger partial charge in [0.05, 0.1) is 11.0 Å². The summed E-state index contributed by atoms with van der Waals surface area (Å²) < 4.78 is 12.2. The first-order chi connectivity index (χ1) is 4.70. The lowest BCUT2D eigenvalue weighted by molar-refractivity contribution is -0.385. The third kappa shape index (κ3) is 1.28. The highest BCUT2D eigenvalue weighted by atomic mass is 19.1. The third-order valence-electron chi connectivity index (χ3n) is 0.961. The molecule has 0 aromatic heterocycles. The summed E-state index contributed by atoms with van der Waals surface area (Å²) in [6.45, 7) is 0. The standard InChI is InChI=1S/C6H3FNO2/c7-5-2-1-3-6(4-5)8(9)10/h1,3-4H. The van der Waals surface area contributed by atoms with Crippen molar-refractivity contribution in [2.75, 3.05) is 0 Å². The van der Waals surface area contributed by atoms with Crippen LogP contribution in [0.25, 0.3) is 0 Å². The highest BCUT2D eigenvalue weighted by Crippen LogP contribution is 2.10. The molecule has 1 rings (SSSR count). The molecule has 0 saturated carbocycles. The number of hydrogen-bond donors (Lipinski definition) is 0. The van der Waals surface area contributed by atoms with Gasteiger partial charge in [0.15, 0.2) is 0 Å². The number of non-ortho nitro benzene ring substituents is 1. The van der Waals surface area contributed by atoms with Crippen molar-refractivity contribution in [1.82, 2.24) is 0 Å². The molecule has 0 aliphatic rings. The minimum atomic E-state index is -0.714. The first kappa shape index (κ1) is 6.67. The highest BCUT2D eigenvalue weighted by Gasteiger charge is 2.03. The SMILES string of the molecule is O=[N+]([O-])c1cc[c]c(F)c1. The van der Waals surface area contributed by atoms with Gasteiger partial charge < -0.3 is 0 Å². The molecule has 0 unspecified atom stereocenters. The Labute approximate surface area is 56.2 Å². The lowest BCUT2D eigenvalue weighted by atomic mass is 10.3. The lowest BCUT2D eigenvalue weighted by Crippen LogP contribution is -1.87. The summed E-state index contributed by atoms with van der Waals surface area (Å²) in [5.41, 5.74) is -0.253. The summed E-state index contributed by atoms with van der Waals surface area (Å²) >= 11 is 0. The van der Waals surface area contributed by atoms with Crippen molar-refractivity contribution in [3.63, 3.8) is 0 Å². The van der Waals surface area contributed by atoms with Crippen LogP contribution in [0, 0.1) is 22.0 Å². The Balaban J connectivity index is 3.07. The molecule has 0 atom stereocenters.